The molecule has 0 spiro atoms. The van der Waals surface area contributed by atoms with E-state index in [2.05, 4.69) is 44.4 Å². The summed E-state index contributed by atoms with van der Waals surface area (Å²) in [4.78, 5) is 4.04. The van der Waals surface area contributed by atoms with Gasteiger partial charge in [0.15, 0.2) is 11.6 Å². The quantitative estimate of drug-likeness (QED) is 0.749. The molecular formula is C16H12BrFN2. The number of fused-ring (bicyclic) bond motifs is 1. The summed E-state index contributed by atoms with van der Waals surface area (Å²) in [5, 5.41) is 5.39. The van der Waals surface area contributed by atoms with Crippen molar-refractivity contribution in [1.82, 2.24) is 4.98 Å². The standard InChI is InChI=1S/C16H12BrFN2/c17-13-8-15(18)16(20-10-13)19-9-12-6-3-5-11-4-1-2-7-14(11)12/h1-8,10H,9H2,(H,19,20). The zero-order chi connectivity index (χ0) is 13.9. The van der Waals surface area contributed by atoms with Crippen molar-refractivity contribution in [3.8, 4) is 0 Å². The molecule has 0 bridgehead atoms. The summed E-state index contributed by atoms with van der Waals surface area (Å²) in [6.45, 7) is 0.535. The average molecular weight is 331 g/mol. The Kier molecular flexibility index (Phi) is 3.65. The molecule has 0 saturated carbocycles. The molecule has 4 heteroatoms. The molecular weight excluding hydrogens is 319 g/mol. The highest BCUT2D eigenvalue weighted by atomic mass is 79.9. The van der Waals surface area contributed by atoms with Crippen molar-refractivity contribution in [3.63, 3.8) is 0 Å². The van der Waals surface area contributed by atoms with Crippen molar-refractivity contribution in [2.45, 2.75) is 6.54 Å². The molecule has 3 rings (SSSR count). The Morgan fingerprint density at radius 3 is 2.75 bits per heavy atom. The molecule has 0 atom stereocenters. The average Bonchev–Trinajstić information content (AvgIpc) is 2.46. The van der Waals surface area contributed by atoms with Crippen LogP contribution in [0.3, 0.4) is 0 Å². The lowest BCUT2D eigenvalue weighted by Gasteiger charge is -2.09. The molecule has 2 nitrogen and oxygen atoms in total. The van der Waals surface area contributed by atoms with Gasteiger partial charge in [0.1, 0.15) is 0 Å². The third-order valence-electron chi connectivity index (χ3n) is 3.13. The fourth-order valence-corrected chi connectivity index (χ4v) is 2.47. The summed E-state index contributed by atoms with van der Waals surface area (Å²) in [5.74, 6) is -0.0965. The fraction of sp³-hybridized carbons (Fsp3) is 0.0625. The number of benzene rings is 2. The molecule has 0 radical (unpaired) electrons. The number of rotatable bonds is 3. The molecule has 100 valence electrons. The van der Waals surface area contributed by atoms with Crippen molar-refractivity contribution >= 4 is 32.5 Å². The van der Waals surface area contributed by atoms with E-state index in [4.69, 9.17) is 0 Å². The smallest absolute Gasteiger partial charge is 0.166 e. The highest BCUT2D eigenvalue weighted by Gasteiger charge is 2.05. The molecule has 2 aromatic carbocycles. The van der Waals surface area contributed by atoms with Crippen LogP contribution in [-0.4, -0.2) is 4.98 Å². The molecule has 0 saturated heterocycles. The lowest BCUT2D eigenvalue weighted by Crippen LogP contribution is -2.04. The van der Waals surface area contributed by atoms with Gasteiger partial charge >= 0.3 is 0 Å². The second-order valence-corrected chi connectivity index (χ2v) is 5.39. The van der Waals surface area contributed by atoms with Crippen LogP contribution in [0.25, 0.3) is 10.8 Å². The predicted molar refractivity (Wildman–Crippen MR) is 83.2 cm³/mol. The lowest BCUT2D eigenvalue weighted by molar-refractivity contribution is 0.623. The summed E-state index contributed by atoms with van der Waals surface area (Å²) in [6.07, 6.45) is 1.58. The third-order valence-corrected chi connectivity index (χ3v) is 3.57. The molecule has 0 unspecified atom stereocenters. The van der Waals surface area contributed by atoms with Crippen LogP contribution in [0, 0.1) is 5.82 Å². The normalized spacial score (nSPS) is 10.7. The van der Waals surface area contributed by atoms with Crippen molar-refractivity contribution in [1.29, 1.82) is 0 Å². The van der Waals surface area contributed by atoms with Crippen LogP contribution in [0.2, 0.25) is 0 Å². The first-order valence-electron chi connectivity index (χ1n) is 6.25. The molecule has 0 aliphatic rings. The molecule has 20 heavy (non-hydrogen) atoms. The number of nitrogens with zero attached hydrogens (tertiary/aromatic N) is 1. The minimum Gasteiger partial charge on any atom is -0.364 e. The first-order valence-corrected chi connectivity index (χ1v) is 7.05. The van der Waals surface area contributed by atoms with E-state index < -0.39 is 0 Å². The molecule has 0 aliphatic heterocycles. The van der Waals surface area contributed by atoms with E-state index in [9.17, 15) is 4.39 Å². The SMILES string of the molecule is Fc1cc(Br)cnc1NCc1cccc2ccccc12. The van der Waals surface area contributed by atoms with E-state index in [-0.39, 0.29) is 11.6 Å². The highest BCUT2D eigenvalue weighted by molar-refractivity contribution is 9.10. The van der Waals surface area contributed by atoms with Gasteiger partial charge in [0, 0.05) is 17.2 Å². The second kappa shape index (κ2) is 5.59. The van der Waals surface area contributed by atoms with Gasteiger partial charge in [-0.2, -0.15) is 0 Å². The van der Waals surface area contributed by atoms with Gasteiger partial charge in [0.05, 0.1) is 0 Å². The van der Waals surface area contributed by atoms with E-state index in [0.29, 0.717) is 11.0 Å². The fourth-order valence-electron chi connectivity index (χ4n) is 2.17. The summed E-state index contributed by atoms with van der Waals surface area (Å²) in [6, 6.07) is 15.7. The van der Waals surface area contributed by atoms with Crippen molar-refractivity contribution < 1.29 is 4.39 Å². The minimum atomic E-state index is -0.361. The predicted octanol–water partition coefficient (Wildman–Crippen LogP) is 4.75. The minimum absolute atomic E-state index is 0.265. The summed E-state index contributed by atoms with van der Waals surface area (Å²) in [7, 11) is 0. The largest absolute Gasteiger partial charge is 0.364 e. The van der Waals surface area contributed by atoms with Crippen molar-refractivity contribution in [2.75, 3.05) is 5.32 Å². The second-order valence-electron chi connectivity index (χ2n) is 4.48. The molecule has 0 fully saturated rings. The van der Waals surface area contributed by atoms with Crippen molar-refractivity contribution in [3.05, 3.63) is 70.6 Å². The first-order chi connectivity index (χ1) is 9.74. The Bertz CT molecular complexity index is 753. The molecule has 3 aromatic rings. The Balaban J connectivity index is 1.87. The number of nitrogens with one attached hydrogen (secondary N) is 1. The Labute approximate surface area is 124 Å². The van der Waals surface area contributed by atoms with Gasteiger partial charge < -0.3 is 5.32 Å². The zero-order valence-corrected chi connectivity index (χ0v) is 12.2. The van der Waals surface area contributed by atoms with Gasteiger partial charge in [-0.25, -0.2) is 9.37 Å². The van der Waals surface area contributed by atoms with Gasteiger partial charge in [0.25, 0.3) is 0 Å². The van der Waals surface area contributed by atoms with E-state index >= 15 is 0 Å². The number of pyridine rings is 1. The van der Waals surface area contributed by atoms with Crippen LogP contribution in [0.5, 0.6) is 0 Å². The van der Waals surface area contributed by atoms with Gasteiger partial charge in [-0.1, -0.05) is 42.5 Å². The first kappa shape index (κ1) is 13.1. The highest BCUT2D eigenvalue weighted by Crippen LogP contribution is 2.21. The van der Waals surface area contributed by atoms with Crippen LogP contribution in [0.15, 0.2) is 59.2 Å². The maximum Gasteiger partial charge on any atom is 0.166 e. The van der Waals surface area contributed by atoms with Crippen LogP contribution in [0.1, 0.15) is 5.56 Å². The molecule has 1 aromatic heterocycles. The molecule has 1 heterocycles. The molecule has 0 aliphatic carbocycles. The maximum absolute atomic E-state index is 13.7. The summed E-state index contributed by atoms with van der Waals surface area (Å²) in [5.41, 5.74) is 1.12. The number of anilines is 1. The zero-order valence-electron chi connectivity index (χ0n) is 10.6. The maximum atomic E-state index is 13.7. The summed E-state index contributed by atoms with van der Waals surface area (Å²) >= 11 is 3.19. The van der Waals surface area contributed by atoms with Gasteiger partial charge in [-0.15, -0.1) is 0 Å². The Hall–Kier alpha value is -1.94. The van der Waals surface area contributed by atoms with Gasteiger partial charge in [-0.3, -0.25) is 0 Å². The monoisotopic (exact) mass is 330 g/mol. The third kappa shape index (κ3) is 2.65. The van der Waals surface area contributed by atoms with E-state index in [1.54, 1.807) is 6.20 Å². The van der Waals surface area contributed by atoms with Crippen molar-refractivity contribution in [2.24, 2.45) is 0 Å². The van der Waals surface area contributed by atoms with E-state index in [1.807, 2.05) is 24.3 Å². The Morgan fingerprint density at radius 2 is 1.90 bits per heavy atom. The number of halogens is 2. The topological polar surface area (TPSA) is 24.9 Å². The van der Waals surface area contributed by atoms with Crippen LogP contribution in [-0.2, 0) is 6.54 Å². The van der Waals surface area contributed by atoms with Crippen LogP contribution < -0.4 is 5.32 Å². The number of hydrogen-bond acceptors (Lipinski definition) is 2. The van der Waals surface area contributed by atoms with Gasteiger partial charge in [0.2, 0.25) is 0 Å². The summed E-state index contributed by atoms with van der Waals surface area (Å²) < 4.78 is 14.3. The number of hydrogen-bond donors (Lipinski definition) is 1. The lowest BCUT2D eigenvalue weighted by atomic mass is 10.0. The van der Waals surface area contributed by atoms with Crippen LogP contribution in [0.4, 0.5) is 10.2 Å². The molecule has 1 N–H and O–H groups in total. The van der Waals surface area contributed by atoms with E-state index in [1.165, 1.54) is 16.8 Å². The van der Waals surface area contributed by atoms with E-state index in [0.717, 1.165) is 5.56 Å². The van der Waals surface area contributed by atoms with Gasteiger partial charge in [-0.05, 0) is 38.3 Å². The van der Waals surface area contributed by atoms with Crippen LogP contribution >= 0.6 is 15.9 Å². The number of aromatic nitrogens is 1. The Morgan fingerprint density at radius 1 is 1.10 bits per heavy atom. The molecule has 0 amide bonds.